The third kappa shape index (κ3) is 5.02. The van der Waals surface area contributed by atoms with Gasteiger partial charge >= 0.3 is 11.9 Å². The molecule has 3 aliphatic heterocycles. The van der Waals surface area contributed by atoms with E-state index in [4.69, 9.17) is 14.2 Å². The summed E-state index contributed by atoms with van der Waals surface area (Å²) < 4.78 is 16.2. The van der Waals surface area contributed by atoms with Crippen molar-refractivity contribution in [3.63, 3.8) is 0 Å². The van der Waals surface area contributed by atoms with Crippen LogP contribution in [0.1, 0.15) is 41.7 Å². The normalized spacial score (nSPS) is 22.6. The maximum atomic E-state index is 13.3. The SMILES string of the molecule is CCOC(=O)c1cccc(NC(C(=O)OC2CN3CCC2CC3)c2ccc(OC)nc2)c1. The summed E-state index contributed by atoms with van der Waals surface area (Å²) in [6, 6.07) is 9.62. The van der Waals surface area contributed by atoms with Gasteiger partial charge in [0.15, 0.2) is 6.04 Å². The number of nitrogens with zero attached hydrogens (tertiary/aromatic N) is 2. The first-order chi connectivity index (χ1) is 15.6. The van der Waals surface area contributed by atoms with Crippen LogP contribution in [0.3, 0.4) is 0 Å². The lowest BCUT2D eigenvalue weighted by atomic mass is 9.86. The molecule has 8 nitrogen and oxygen atoms in total. The molecule has 3 fully saturated rings. The van der Waals surface area contributed by atoms with Gasteiger partial charge in [-0.1, -0.05) is 6.07 Å². The molecule has 8 heteroatoms. The average Bonchev–Trinajstić information content (AvgIpc) is 2.84. The Bertz CT molecular complexity index is 941. The maximum Gasteiger partial charge on any atom is 0.338 e. The van der Waals surface area contributed by atoms with Crippen molar-refractivity contribution in [2.24, 2.45) is 5.92 Å². The van der Waals surface area contributed by atoms with Crippen molar-refractivity contribution in [3.8, 4) is 5.88 Å². The minimum Gasteiger partial charge on any atom is -0.481 e. The molecule has 1 aromatic heterocycles. The highest BCUT2D eigenvalue weighted by Crippen LogP contribution is 2.31. The molecule has 32 heavy (non-hydrogen) atoms. The number of benzene rings is 1. The smallest absolute Gasteiger partial charge is 0.338 e. The number of fused-ring (bicyclic) bond motifs is 3. The topological polar surface area (TPSA) is 90.0 Å². The van der Waals surface area contributed by atoms with Crippen molar-refractivity contribution in [1.29, 1.82) is 0 Å². The van der Waals surface area contributed by atoms with Crippen LogP contribution < -0.4 is 10.1 Å². The summed E-state index contributed by atoms with van der Waals surface area (Å²) in [5, 5.41) is 3.23. The second-order valence-electron chi connectivity index (χ2n) is 8.13. The number of esters is 2. The summed E-state index contributed by atoms with van der Waals surface area (Å²) in [4.78, 5) is 32.0. The van der Waals surface area contributed by atoms with E-state index >= 15 is 0 Å². The van der Waals surface area contributed by atoms with E-state index in [9.17, 15) is 9.59 Å². The minimum atomic E-state index is -0.777. The van der Waals surface area contributed by atoms with Crippen molar-refractivity contribution in [2.75, 3.05) is 38.7 Å². The molecule has 1 aromatic carbocycles. The van der Waals surface area contributed by atoms with Crippen LogP contribution >= 0.6 is 0 Å². The number of ether oxygens (including phenoxy) is 3. The lowest BCUT2D eigenvalue weighted by Gasteiger charge is -2.44. The van der Waals surface area contributed by atoms with Crippen LogP contribution in [0, 0.1) is 5.92 Å². The van der Waals surface area contributed by atoms with E-state index in [0.29, 0.717) is 35.2 Å². The van der Waals surface area contributed by atoms with Gasteiger partial charge in [-0.3, -0.25) is 4.90 Å². The van der Waals surface area contributed by atoms with E-state index in [-0.39, 0.29) is 12.1 Å². The number of nitrogens with one attached hydrogen (secondary N) is 1. The summed E-state index contributed by atoms with van der Waals surface area (Å²) in [6.45, 7) is 4.98. The molecule has 3 aliphatic rings. The van der Waals surface area contributed by atoms with Crippen molar-refractivity contribution >= 4 is 17.6 Å². The number of pyridine rings is 1. The molecule has 3 saturated heterocycles. The highest BCUT2D eigenvalue weighted by Gasteiger charge is 2.38. The Balaban J connectivity index is 1.55. The third-order valence-electron chi connectivity index (χ3n) is 6.09. The first-order valence-corrected chi connectivity index (χ1v) is 11.0. The van der Waals surface area contributed by atoms with E-state index < -0.39 is 12.0 Å². The molecule has 0 spiro atoms. The zero-order chi connectivity index (χ0) is 22.5. The zero-order valence-corrected chi connectivity index (χ0v) is 18.5. The molecular formula is C24H29N3O5. The largest absolute Gasteiger partial charge is 0.481 e. The standard InChI is InChI=1S/C24H29N3O5/c1-3-31-23(28)17-5-4-6-19(13-17)26-22(18-7-8-21(30-2)25-14-18)24(29)32-20-15-27-11-9-16(20)10-12-27/h4-8,13-14,16,20,22,26H,3,9-12,15H2,1-2H3. The number of carbonyl (C=O) groups is 2. The first kappa shape index (κ1) is 22.1. The number of methoxy groups -OCH3 is 1. The van der Waals surface area contributed by atoms with Crippen molar-refractivity contribution in [2.45, 2.75) is 31.9 Å². The summed E-state index contributed by atoms with van der Waals surface area (Å²) in [7, 11) is 1.54. The Morgan fingerprint density at radius 3 is 2.66 bits per heavy atom. The van der Waals surface area contributed by atoms with Gasteiger partial charge < -0.3 is 19.5 Å². The first-order valence-electron chi connectivity index (χ1n) is 11.0. The molecule has 2 atom stereocenters. The van der Waals surface area contributed by atoms with Crippen molar-refractivity contribution in [3.05, 3.63) is 53.7 Å². The number of hydrogen-bond donors (Lipinski definition) is 1. The van der Waals surface area contributed by atoms with Gasteiger partial charge in [0.05, 0.1) is 19.3 Å². The van der Waals surface area contributed by atoms with E-state index in [1.54, 1.807) is 56.6 Å². The Kier molecular flexibility index (Phi) is 6.90. The molecule has 2 unspecified atom stereocenters. The summed E-state index contributed by atoms with van der Waals surface area (Å²) in [5.74, 6) is 0.0965. The maximum absolute atomic E-state index is 13.3. The number of rotatable bonds is 8. The fourth-order valence-electron chi connectivity index (χ4n) is 4.34. The minimum absolute atomic E-state index is 0.105. The van der Waals surface area contributed by atoms with Gasteiger partial charge in [0, 0.05) is 30.1 Å². The second-order valence-corrected chi connectivity index (χ2v) is 8.13. The van der Waals surface area contributed by atoms with Crippen LogP contribution in [-0.4, -0.2) is 61.3 Å². The lowest BCUT2D eigenvalue weighted by molar-refractivity contribution is -0.159. The quantitative estimate of drug-likeness (QED) is 0.628. The predicted molar refractivity (Wildman–Crippen MR) is 119 cm³/mol. The van der Waals surface area contributed by atoms with Gasteiger partial charge in [0.25, 0.3) is 0 Å². The van der Waals surface area contributed by atoms with Gasteiger partial charge in [-0.2, -0.15) is 0 Å². The van der Waals surface area contributed by atoms with Crippen LogP contribution in [0.4, 0.5) is 5.69 Å². The van der Waals surface area contributed by atoms with E-state index in [1.807, 2.05) is 0 Å². The van der Waals surface area contributed by atoms with Crippen LogP contribution in [0.15, 0.2) is 42.6 Å². The Labute approximate surface area is 187 Å². The Morgan fingerprint density at radius 2 is 2.03 bits per heavy atom. The fraction of sp³-hybridized carbons (Fsp3) is 0.458. The molecule has 0 amide bonds. The van der Waals surface area contributed by atoms with E-state index in [1.165, 1.54) is 0 Å². The molecule has 170 valence electrons. The van der Waals surface area contributed by atoms with Gasteiger partial charge in [-0.15, -0.1) is 0 Å². The molecule has 2 bridgehead atoms. The van der Waals surface area contributed by atoms with Crippen LogP contribution in [0.2, 0.25) is 0 Å². The average molecular weight is 440 g/mol. The Morgan fingerprint density at radius 1 is 1.22 bits per heavy atom. The van der Waals surface area contributed by atoms with Crippen molar-refractivity contribution in [1.82, 2.24) is 9.88 Å². The summed E-state index contributed by atoms with van der Waals surface area (Å²) in [5.41, 5.74) is 1.68. The second kappa shape index (κ2) is 9.99. The number of anilines is 1. The fourth-order valence-corrected chi connectivity index (χ4v) is 4.34. The predicted octanol–water partition coefficient (Wildman–Crippen LogP) is 3.06. The Hall–Kier alpha value is -3.13. The van der Waals surface area contributed by atoms with Gasteiger partial charge in [0.2, 0.25) is 5.88 Å². The molecule has 5 rings (SSSR count). The monoisotopic (exact) mass is 439 g/mol. The molecular weight excluding hydrogens is 410 g/mol. The van der Waals surface area contributed by atoms with E-state index in [0.717, 1.165) is 32.5 Å². The van der Waals surface area contributed by atoms with Crippen molar-refractivity contribution < 1.29 is 23.8 Å². The highest BCUT2D eigenvalue weighted by atomic mass is 16.5. The number of aromatic nitrogens is 1. The molecule has 2 aromatic rings. The van der Waals surface area contributed by atoms with Gasteiger partial charge in [-0.25, -0.2) is 14.6 Å². The highest BCUT2D eigenvalue weighted by molar-refractivity contribution is 5.91. The lowest BCUT2D eigenvalue weighted by Crippen LogP contribution is -2.52. The molecule has 1 N–H and O–H groups in total. The number of hydrogen-bond acceptors (Lipinski definition) is 8. The van der Waals surface area contributed by atoms with Crippen LogP contribution in [0.5, 0.6) is 5.88 Å². The van der Waals surface area contributed by atoms with Gasteiger partial charge in [0.1, 0.15) is 6.10 Å². The number of piperidine rings is 3. The summed E-state index contributed by atoms with van der Waals surface area (Å²) >= 11 is 0. The number of carbonyl (C=O) groups excluding carboxylic acids is 2. The van der Waals surface area contributed by atoms with Crippen LogP contribution in [0.25, 0.3) is 0 Å². The summed E-state index contributed by atoms with van der Waals surface area (Å²) in [6.07, 6.45) is 3.61. The molecule has 4 heterocycles. The van der Waals surface area contributed by atoms with Crippen LogP contribution in [-0.2, 0) is 14.3 Å². The molecule has 0 aliphatic carbocycles. The third-order valence-corrected chi connectivity index (χ3v) is 6.09. The zero-order valence-electron chi connectivity index (χ0n) is 18.5. The molecule has 0 saturated carbocycles. The van der Waals surface area contributed by atoms with Gasteiger partial charge in [-0.05, 0) is 63.0 Å². The molecule has 0 radical (unpaired) electrons. The van der Waals surface area contributed by atoms with E-state index in [2.05, 4.69) is 15.2 Å².